The standard InChI is InChI=1S/C16H26N2O/c1-12(2)19-15-6-4-14(5-7-15)16(17-3)10-13-8-9-18-11-13/h4-7,12-13,16-18H,8-11H2,1-3H3. The van der Waals surface area contributed by atoms with Crippen LogP contribution < -0.4 is 15.4 Å². The molecular formula is C16H26N2O. The summed E-state index contributed by atoms with van der Waals surface area (Å²) in [6, 6.07) is 8.96. The van der Waals surface area contributed by atoms with Crippen LogP contribution >= 0.6 is 0 Å². The van der Waals surface area contributed by atoms with Crippen LogP contribution in [0, 0.1) is 5.92 Å². The first kappa shape index (κ1) is 14.4. The van der Waals surface area contributed by atoms with Gasteiger partial charge in [-0.1, -0.05) is 12.1 Å². The molecule has 2 rings (SSSR count). The van der Waals surface area contributed by atoms with Crippen LogP contribution in [0.25, 0.3) is 0 Å². The van der Waals surface area contributed by atoms with Gasteiger partial charge in [0.05, 0.1) is 6.10 Å². The Kier molecular flexibility index (Phi) is 5.23. The molecule has 0 bridgehead atoms. The fourth-order valence-electron chi connectivity index (χ4n) is 2.72. The monoisotopic (exact) mass is 262 g/mol. The summed E-state index contributed by atoms with van der Waals surface area (Å²) in [6.07, 6.45) is 2.73. The van der Waals surface area contributed by atoms with E-state index in [0.717, 1.165) is 18.2 Å². The van der Waals surface area contributed by atoms with Crippen molar-refractivity contribution in [2.75, 3.05) is 20.1 Å². The average molecular weight is 262 g/mol. The Bertz CT molecular complexity index is 369. The molecule has 1 heterocycles. The molecule has 1 aliphatic rings. The minimum absolute atomic E-state index is 0.232. The van der Waals surface area contributed by atoms with Gasteiger partial charge < -0.3 is 15.4 Å². The lowest BCUT2D eigenvalue weighted by Gasteiger charge is -2.20. The average Bonchev–Trinajstić information content (AvgIpc) is 2.89. The largest absolute Gasteiger partial charge is 0.491 e. The molecule has 0 spiro atoms. The minimum atomic E-state index is 0.232. The van der Waals surface area contributed by atoms with Gasteiger partial charge in [-0.05, 0) is 70.4 Å². The van der Waals surface area contributed by atoms with Crippen LogP contribution in [0.1, 0.15) is 38.3 Å². The first-order valence-electron chi connectivity index (χ1n) is 7.33. The summed E-state index contributed by atoms with van der Waals surface area (Å²) in [5.41, 5.74) is 1.35. The van der Waals surface area contributed by atoms with E-state index in [4.69, 9.17) is 4.74 Å². The summed E-state index contributed by atoms with van der Waals surface area (Å²) in [4.78, 5) is 0. The van der Waals surface area contributed by atoms with Crippen molar-refractivity contribution in [3.05, 3.63) is 29.8 Å². The van der Waals surface area contributed by atoms with Gasteiger partial charge in [-0.15, -0.1) is 0 Å². The van der Waals surface area contributed by atoms with Crippen LogP contribution in [-0.2, 0) is 0 Å². The summed E-state index contributed by atoms with van der Waals surface area (Å²) < 4.78 is 5.69. The second-order valence-electron chi connectivity index (χ2n) is 5.67. The van der Waals surface area contributed by atoms with Gasteiger partial charge in [0.15, 0.2) is 0 Å². The molecule has 3 heteroatoms. The third kappa shape index (κ3) is 4.22. The first-order valence-corrected chi connectivity index (χ1v) is 7.33. The Hall–Kier alpha value is -1.06. The molecule has 19 heavy (non-hydrogen) atoms. The maximum atomic E-state index is 5.69. The van der Waals surface area contributed by atoms with Crippen molar-refractivity contribution < 1.29 is 4.74 Å². The second kappa shape index (κ2) is 6.92. The van der Waals surface area contributed by atoms with Crippen LogP contribution in [0.5, 0.6) is 5.75 Å². The molecule has 1 aliphatic heterocycles. The molecule has 2 N–H and O–H groups in total. The molecule has 0 aromatic heterocycles. The predicted molar refractivity (Wildman–Crippen MR) is 79.6 cm³/mol. The zero-order valence-corrected chi connectivity index (χ0v) is 12.3. The van der Waals surface area contributed by atoms with E-state index in [1.165, 1.54) is 24.9 Å². The third-order valence-corrected chi connectivity index (χ3v) is 3.73. The highest BCUT2D eigenvalue weighted by Gasteiger charge is 2.20. The van der Waals surface area contributed by atoms with Crippen LogP contribution in [0.4, 0.5) is 0 Å². The zero-order valence-electron chi connectivity index (χ0n) is 12.3. The maximum absolute atomic E-state index is 5.69. The van der Waals surface area contributed by atoms with E-state index in [-0.39, 0.29) is 6.10 Å². The molecule has 2 unspecified atom stereocenters. The fourth-order valence-corrected chi connectivity index (χ4v) is 2.72. The molecule has 0 saturated carbocycles. The lowest BCUT2D eigenvalue weighted by atomic mass is 9.94. The van der Waals surface area contributed by atoms with E-state index in [0.29, 0.717) is 6.04 Å². The molecule has 0 aliphatic carbocycles. The number of ether oxygens (including phenoxy) is 1. The van der Waals surface area contributed by atoms with Gasteiger partial charge in [0.2, 0.25) is 0 Å². The van der Waals surface area contributed by atoms with Gasteiger partial charge in [-0.2, -0.15) is 0 Å². The SMILES string of the molecule is CNC(CC1CCNC1)c1ccc(OC(C)C)cc1. The number of hydrogen-bond donors (Lipinski definition) is 2. The molecule has 1 aromatic rings. The van der Waals surface area contributed by atoms with Crippen molar-refractivity contribution in [2.24, 2.45) is 5.92 Å². The lowest BCUT2D eigenvalue weighted by Crippen LogP contribution is -2.21. The van der Waals surface area contributed by atoms with Gasteiger partial charge in [0, 0.05) is 6.04 Å². The highest BCUT2D eigenvalue weighted by atomic mass is 16.5. The molecule has 2 atom stereocenters. The van der Waals surface area contributed by atoms with E-state index >= 15 is 0 Å². The molecule has 3 nitrogen and oxygen atoms in total. The van der Waals surface area contributed by atoms with Crippen LogP contribution in [-0.4, -0.2) is 26.2 Å². The summed E-state index contributed by atoms with van der Waals surface area (Å²) in [7, 11) is 2.05. The predicted octanol–water partition coefficient (Wildman–Crippen LogP) is 2.73. The van der Waals surface area contributed by atoms with Crippen molar-refractivity contribution in [3.63, 3.8) is 0 Å². The van der Waals surface area contributed by atoms with Crippen molar-refractivity contribution in [1.29, 1.82) is 0 Å². The van der Waals surface area contributed by atoms with Crippen molar-refractivity contribution in [2.45, 2.75) is 38.8 Å². The van der Waals surface area contributed by atoms with E-state index in [9.17, 15) is 0 Å². The van der Waals surface area contributed by atoms with E-state index in [1.807, 2.05) is 7.05 Å². The van der Waals surface area contributed by atoms with Gasteiger partial charge >= 0.3 is 0 Å². The smallest absolute Gasteiger partial charge is 0.119 e. The summed E-state index contributed by atoms with van der Waals surface area (Å²) in [6.45, 7) is 6.43. The highest BCUT2D eigenvalue weighted by molar-refractivity contribution is 5.29. The lowest BCUT2D eigenvalue weighted by molar-refractivity contribution is 0.242. The highest BCUT2D eigenvalue weighted by Crippen LogP contribution is 2.26. The summed E-state index contributed by atoms with van der Waals surface area (Å²) in [5.74, 6) is 1.75. The van der Waals surface area contributed by atoms with E-state index in [2.05, 4.69) is 48.7 Å². The van der Waals surface area contributed by atoms with E-state index < -0.39 is 0 Å². The van der Waals surface area contributed by atoms with Gasteiger partial charge in [0.25, 0.3) is 0 Å². The van der Waals surface area contributed by atoms with Crippen LogP contribution in [0.3, 0.4) is 0 Å². The molecule has 1 aromatic carbocycles. The molecule has 1 saturated heterocycles. The van der Waals surface area contributed by atoms with Gasteiger partial charge in [-0.3, -0.25) is 0 Å². The zero-order chi connectivity index (χ0) is 13.7. The number of nitrogens with one attached hydrogen (secondary N) is 2. The molecule has 106 valence electrons. The maximum Gasteiger partial charge on any atom is 0.119 e. The molecule has 0 amide bonds. The Morgan fingerprint density at radius 1 is 1.32 bits per heavy atom. The van der Waals surface area contributed by atoms with Gasteiger partial charge in [0.1, 0.15) is 5.75 Å². The Morgan fingerprint density at radius 3 is 2.58 bits per heavy atom. The number of rotatable bonds is 6. The molecule has 1 fully saturated rings. The topological polar surface area (TPSA) is 33.3 Å². The first-order chi connectivity index (χ1) is 9.19. The molecular weight excluding hydrogens is 236 g/mol. The Balaban J connectivity index is 1.97. The second-order valence-corrected chi connectivity index (χ2v) is 5.67. The molecule has 0 radical (unpaired) electrons. The van der Waals surface area contributed by atoms with Crippen LogP contribution in [0.2, 0.25) is 0 Å². The Labute approximate surface area is 116 Å². The van der Waals surface area contributed by atoms with E-state index in [1.54, 1.807) is 0 Å². The number of hydrogen-bond acceptors (Lipinski definition) is 3. The third-order valence-electron chi connectivity index (χ3n) is 3.73. The minimum Gasteiger partial charge on any atom is -0.491 e. The quantitative estimate of drug-likeness (QED) is 0.827. The summed E-state index contributed by atoms with van der Waals surface area (Å²) in [5, 5.41) is 6.87. The van der Waals surface area contributed by atoms with Crippen LogP contribution in [0.15, 0.2) is 24.3 Å². The number of benzene rings is 1. The Morgan fingerprint density at radius 2 is 2.05 bits per heavy atom. The normalized spacial score (nSPS) is 20.7. The van der Waals surface area contributed by atoms with Crippen molar-refractivity contribution in [1.82, 2.24) is 10.6 Å². The van der Waals surface area contributed by atoms with Gasteiger partial charge in [-0.25, -0.2) is 0 Å². The summed E-state index contributed by atoms with van der Waals surface area (Å²) >= 11 is 0. The fraction of sp³-hybridized carbons (Fsp3) is 0.625. The van der Waals surface area contributed by atoms with Crippen molar-refractivity contribution >= 4 is 0 Å². The van der Waals surface area contributed by atoms with Crippen molar-refractivity contribution in [3.8, 4) is 5.75 Å².